The highest BCUT2D eigenvalue weighted by Gasteiger charge is 2.57. The van der Waals surface area contributed by atoms with E-state index < -0.39 is 5.66 Å². The number of rotatable bonds is 2. The molecule has 0 saturated carbocycles. The van der Waals surface area contributed by atoms with Gasteiger partial charge in [-0.05, 0) is 98.7 Å². The molecule has 5 heterocycles. The van der Waals surface area contributed by atoms with Crippen LogP contribution in [0.1, 0.15) is 27.7 Å². The third-order valence-corrected chi connectivity index (χ3v) is 11.3. The Labute approximate surface area is 280 Å². The zero-order valence-electron chi connectivity index (χ0n) is 27.4. The van der Waals surface area contributed by atoms with Crippen molar-refractivity contribution in [3.05, 3.63) is 127 Å². The largest absolute Gasteiger partial charge is 0.456 e. The second kappa shape index (κ2) is 8.64. The summed E-state index contributed by atoms with van der Waals surface area (Å²) in [6, 6.07) is 46.5. The first-order valence-electron chi connectivity index (χ1n) is 16.9. The molecule has 0 aliphatic carbocycles. The summed E-state index contributed by atoms with van der Waals surface area (Å²) in [5.41, 5.74) is 15.1. The maximum Gasteiger partial charge on any atom is 0.252 e. The molecule has 48 heavy (non-hydrogen) atoms. The van der Waals surface area contributed by atoms with E-state index in [1.165, 1.54) is 67.3 Å². The first-order valence-corrected chi connectivity index (χ1v) is 16.9. The van der Waals surface area contributed by atoms with Gasteiger partial charge in [-0.25, -0.2) is 0 Å². The number of fused-ring (bicyclic) bond motifs is 9. The lowest BCUT2D eigenvalue weighted by molar-refractivity contribution is 0.539. The maximum atomic E-state index is 6.55. The smallest absolute Gasteiger partial charge is 0.252 e. The normalized spacial score (nSPS) is 17.3. The highest BCUT2D eigenvalue weighted by atomic mass is 16.3. The van der Waals surface area contributed by atoms with Crippen LogP contribution in [0.4, 0.5) is 45.5 Å². The van der Waals surface area contributed by atoms with Crippen LogP contribution >= 0.6 is 0 Å². The first-order chi connectivity index (χ1) is 23.4. The van der Waals surface area contributed by atoms with Crippen LogP contribution in [-0.4, -0.2) is 18.0 Å². The van der Waals surface area contributed by atoms with Crippen LogP contribution in [0, 0.1) is 0 Å². The first kappa shape index (κ1) is 26.5. The van der Waals surface area contributed by atoms with E-state index in [1.54, 1.807) is 0 Å². The molecule has 0 atom stereocenters. The molecular weight excluding hydrogens is 587 g/mol. The number of hydrogen-bond acceptors (Lipinski definition) is 5. The van der Waals surface area contributed by atoms with Gasteiger partial charge in [-0.1, -0.05) is 72.8 Å². The van der Waals surface area contributed by atoms with Crippen molar-refractivity contribution in [1.29, 1.82) is 0 Å². The molecule has 0 unspecified atom stereocenters. The van der Waals surface area contributed by atoms with Crippen molar-refractivity contribution >= 4 is 90.5 Å². The van der Waals surface area contributed by atoms with Gasteiger partial charge in [0, 0.05) is 22.4 Å². The number of furan rings is 1. The minimum absolute atomic E-state index is 0.0588. The molecular formula is C42H33BN4O. The van der Waals surface area contributed by atoms with E-state index in [2.05, 4.69) is 175 Å². The van der Waals surface area contributed by atoms with E-state index in [0.29, 0.717) is 0 Å². The van der Waals surface area contributed by atoms with Gasteiger partial charge < -0.3 is 24.0 Å². The third-order valence-electron chi connectivity index (χ3n) is 11.3. The van der Waals surface area contributed by atoms with Gasteiger partial charge in [0.25, 0.3) is 6.71 Å². The zero-order chi connectivity index (χ0) is 32.1. The van der Waals surface area contributed by atoms with E-state index in [4.69, 9.17) is 4.42 Å². The van der Waals surface area contributed by atoms with Crippen LogP contribution in [0.15, 0.2) is 132 Å². The summed E-state index contributed by atoms with van der Waals surface area (Å²) in [7, 11) is 0. The molecule has 0 N–H and O–H groups in total. The third kappa shape index (κ3) is 2.96. The molecule has 0 bridgehead atoms. The van der Waals surface area contributed by atoms with Crippen molar-refractivity contribution in [2.45, 2.75) is 39.0 Å². The highest BCUT2D eigenvalue weighted by molar-refractivity contribution is 7.01. The summed E-state index contributed by atoms with van der Waals surface area (Å²) in [5, 5.41) is 2.35. The van der Waals surface area contributed by atoms with Crippen LogP contribution in [0.5, 0.6) is 0 Å². The second-order valence-electron chi connectivity index (χ2n) is 14.5. The Morgan fingerprint density at radius 2 is 1.06 bits per heavy atom. The topological polar surface area (TPSA) is 26.1 Å². The van der Waals surface area contributed by atoms with E-state index in [-0.39, 0.29) is 12.4 Å². The second-order valence-corrected chi connectivity index (χ2v) is 14.5. The summed E-state index contributed by atoms with van der Waals surface area (Å²) in [6.45, 7) is 9.51. The van der Waals surface area contributed by atoms with Gasteiger partial charge in [-0.3, -0.25) is 0 Å². The number of anilines is 8. The van der Waals surface area contributed by atoms with Crippen LogP contribution < -0.4 is 36.0 Å². The fourth-order valence-corrected chi connectivity index (χ4v) is 9.66. The number of nitrogens with zero attached hydrogens (tertiary/aromatic N) is 4. The lowest BCUT2D eigenvalue weighted by Crippen LogP contribution is -2.65. The summed E-state index contributed by atoms with van der Waals surface area (Å²) in [4.78, 5) is 10.3. The van der Waals surface area contributed by atoms with Gasteiger partial charge in [-0.15, -0.1) is 0 Å². The lowest BCUT2D eigenvalue weighted by atomic mass is 9.33. The minimum Gasteiger partial charge on any atom is -0.456 e. The molecule has 6 heteroatoms. The predicted octanol–water partition coefficient (Wildman–Crippen LogP) is 8.78. The molecule has 0 saturated heterocycles. The average molecular weight is 621 g/mol. The van der Waals surface area contributed by atoms with Crippen LogP contribution in [0.3, 0.4) is 0 Å². The van der Waals surface area contributed by atoms with Crippen molar-refractivity contribution in [2.75, 3.05) is 19.6 Å². The Balaban J connectivity index is 1.29. The Morgan fingerprint density at radius 3 is 1.79 bits per heavy atom. The SMILES string of the molecule is CC1(C)N(c2ccccc2)c2cccc3c2N1c1ccc2c4c1B3c1ccc3oc5ccccc5c3c1N4C(C)(C)N2c1ccccc1. The number of benzene rings is 6. The summed E-state index contributed by atoms with van der Waals surface area (Å²) in [5.74, 6) is 0. The molecule has 0 spiro atoms. The van der Waals surface area contributed by atoms with Gasteiger partial charge in [0.2, 0.25) is 0 Å². The van der Waals surface area contributed by atoms with Gasteiger partial charge in [0.05, 0.1) is 33.8 Å². The van der Waals surface area contributed by atoms with Crippen molar-refractivity contribution in [1.82, 2.24) is 0 Å². The molecule has 0 radical (unpaired) electrons. The van der Waals surface area contributed by atoms with Crippen LogP contribution in [-0.2, 0) is 0 Å². The number of para-hydroxylation sites is 4. The standard InChI is InChI=1S/C42H33BN4O/c1-41(2)44(26-14-7-5-8-15-26)32-20-13-19-29-38(32)46(41)31-23-24-33-40-37(31)43(29)30-22-25-35-36(28-18-11-12-21-34(28)48-35)39(30)47(40)42(3,4)45(33)27-16-9-6-10-17-27/h5-25H,1-4H3. The Bertz CT molecular complexity index is 2500. The van der Waals surface area contributed by atoms with Crippen LogP contribution in [0.2, 0.25) is 0 Å². The van der Waals surface area contributed by atoms with Crippen molar-refractivity contribution < 1.29 is 4.42 Å². The predicted molar refractivity (Wildman–Crippen MR) is 201 cm³/mol. The number of hydrogen-bond donors (Lipinski definition) is 0. The molecule has 11 rings (SSSR count). The van der Waals surface area contributed by atoms with Gasteiger partial charge >= 0.3 is 0 Å². The molecule has 7 aromatic rings. The Kier molecular flexibility index (Phi) is 4.76. The zero-order valence-corrected chi connectivity index (χ0v) is 27.4. The minimum atomic E-state index is -0.413. The molecule has 4 aliphatic rings. The molecule has 5 nitrogen and oxygen atoms in total. The molecule has 1 aromatic heterocycles. The molecule has 6 aromatic carbocycles. The van der Waals surface area contributed by atoms with Crippen molar-refractivity contribution in [3.63, 3.8) is 0 Å². The van der Waals surface area contributed by atoms with E-state index >= 15 is 0 Å². The molecule has 0 amide bonds. The molecule has 4 aliphatic heterocycles. The maximum absolute atomic E-state index is 6.55. The van der Waals surface area contributed by atoms with E-state index in [0.717, 1.165) is 16.6 Å². The monoisotopic (exact) mass is 620 g/mol. The summed E-state index contributed by atoms with van der Waals surface area (Å²) >= 11 is 0. The van der Waals surface area contributed by atoms with Gasteiger partial charge in [0.15, 0.2) is 0 Å². The average Bonchev–Trinajstić information content (AvgIpc) is 3.68. The summed E-state index contributed by atoms with van der Waals surface area (Å²) in [6.07, 6.45) is 0. The summed E-state index contributed by atoms with van der Waals surface area (Å²) < 4.78 is 6.55. The van der Waals surface area contributed by atoms with Crippen LogP contribution in [0.25, 0.3) is 21.9 Å². The molecule has 230 valence electrons. The van der Waals surface area contributed by atoms with Gasteiger partial charge in [0.1, 0.15) is 22.5 Å². The van der Waals surface area contributed by atoms with Gasteiger partial charge in [-0.2, -0.15) is 0 Å². The van der Waals surface area contributed by atoms with Crippen molar-refractivity contribution in [2.24, 2.45) is 0 Å². The lowest BCUT2D eigenvalue weighted by Gasteiger charge is -2.48. The van der Waals surface area contributed by atoms with Crippen molar-refractivity contribution in [3.8, 4) is 0 Å². The fourth-order valence-electron chi connectivity index (χ4n) is 9.66. The van der Waals surface area contributed by atoms with E-state index in [1.807, 2.05) is 0 Å². The quantitative estimate of drug-likeness (QED) is 0.180. The van der Waals surface area contributed by atoms with E-state index in [9.17, 15) is 0 Å². The highest BCUT2D eigenvalue weighted by Crippen LogP contribution is 2.59. The molecule has 0 fully saturated rings. The Morgan fingerprint density at radius 1 is 0.458 bits per heavy atom. The Hall–Kier alpha value is -5.62. The fraction of sp³-hybridized carbons (Fsp3) is 0.143.